The standard InChI is InChI=1S/C15H11Br2FO2/c16-10-6-5-9(14(18)8-10)7-12(15(19)20)11-3-1-2-4-13(11)17/h1-6,8,12H,7H2,(H,19,20). The number of rotatable bonds is 4. The predicted octanol–water partition coefficient (Wildman–Crippen LogP) is 4.76. The van der Waals surface area contributed by atoms with Crippen LogP contribution in [0.15, 0.2) is 51.4 Å². The Labute approximate surface area is 132 Å². The zero-order valence-corrected chi connectivity index (χ0v) is 13.5. The van der Waals surface area contributed by atoms with E-state index in [4.69, 9.17) is 0 Å². The van der Waals surface area contributed by atoms with Gasteiger partial charge in [0, 0.05) is 8.95 Å². The molecule has 1 unspecified atom stereocenters. The SMILES string of the molecule is O=C(O)C(Cc1ccc(Br)cc1F)c1ccccc1Br. The molecule has 0 heterocycles. The summed E-state index contributed by atoms with van der Waals surface area (Å²) >= 11 is 6.53. The Morgan fingerprint density at radius 3 is 2.50 bits per heavy atom. The van der Waals surface area contributed by atoms with Crippen LogP contribution in [-0.2, 0) is 11.2 Å². The van der Waals surface area contributed by atoms with Gasteiger partial charge in [-0.05, 0) is 35.7 Å². The summed E-state index contributed by atoms with van der Waals surface area (Å²) in [6.07, 6.45) is 0.108. The van der Waals surface area contributed by atoms with Gasteiger partial charge in [-0.25, -0.2) is 4.39 Å². The fourth-order valence-electron chi connectivity index (χ4n) is 2.00. The van der Waals surface area contributed by atoms with E-state index >= 15 is 0 Å². The summed E-state index contributed by atoms with van der Waals surface area (Å²) in [4.78, 5) is 11.5. The quantitative estimate of drug-likeness (QED) is 0.801. The summed E-state index contributed by atoms with van der Waals surface area (Å²) in [5.41, 5.74) is 1.03. The Balaban J connectivity index is 2.36. The molecule has 0 radical (unpaired) electrons. The van der Waals surface area contributed by atoms with E-state index in [2.05, 4.69) is 31.9 Å². The molecule has 0 saturated carbocycles. The van der Waals surface area contributed by atoms with Crippen molar-refractivity contribution in [2.24, 2.45) is 0 Å². The summed E-state index contributed by atoms with van der Waals surface area (Å²) in [5.74, 6) is -2.17. The molecule has 2 aromatic carbocycles. The van der Waals surface area contributed by atoms with Gasteiger partial charge >= 0.3 is 5.97 Å². The minimum Gasteiger partial charge on any atom is -0.481 e. The van der Waals surface area contributed by atoms with E-state index in [-0.39, 0.29) is 6.42 Å². The van der Waals surface area contributed by atoms with Crippen LogP contribution < -0.4 is 0 Å². The number of hydrogen-bond donors (Lipinski definition) is 1. The zero-order chi connectivity index (χ0) is 14.7. The summed E-state index contributed by atoms with van der Waals surface area (Å²) in [5, 5.41) is 9.41. The molecule has 1 N–H and O–H groups in total. The van der Waals surface area contributed by atoms with Crippen molar-refractivity contribution in [3.8, 4) is 0 Å². The fraction of sp³-hybridized carbons (Fsp3) is 0.133. The van der Waals surface area contributed by atoms with Gasteiger partial charge in [0.2, 0.25) is 0 Å². The Morgan fingerprint density at radius 1 is 1.20 bits per heavy atom. The molecular formula is C15H11Br2FO2. The largest absolute Gasteiger partial charge is 0.481 e. The van der Waals surface area contributed by atoms with Crippen LogP contribution in [0.25, 0.3) is 0 Å². The first-order valence-electron chi connectivity index (χ1n) is 5.90. The highest BCUT2D eigenvalue weighted by molar-refractivity contribution is 9.10. The van der Waals surface area contributed by atoms with E-state index in [0.717, 1.165) is 0 Å². The van der Waals surface area contributed by atoms with Gasteiger partial charge in [-0.2, -0.15) is 0 Å². The van der Waals surface area contributed by atoms with Gasteiger partial charge in [-0.15, -0.1) is 0 Å². The molecule has 0 aromatic heterocycles. The highest BCUT2D eigenvalue weighted by Crippen LogP contribution is 2.29. The van der Waals surface area contributed by atoms with Crippen LogP contribution in [0.1, 0.15) is 17.0 Å². The van der Waals surface area contributed by atoms with Crippen molar-refractivity contribution in [2.45, 2.75) is 12.3 Å². The van der Waals surface area contributed by atoms with E-state index in [9.17, 15) is 14.3 Å². The smallest absolute Gasteiger partial charge is 0.311 e. The summed E-state index contributed by atoms with van der Waals surface area (Å²) in [7, 11) is 0. The minimum absolute atomic E-state index is 0.108. The molecule has 2 rings (SSSR count). The van der Waals surface area contributed by atoms with Crippen LogP contribution in [-0.4, -0.2) is 11.1 Å². The van der Waals surface area contributed by atoms with E-state index < -0.39 is 17.7 Å². The van der Waals surface area contributed by atoms with Crippen molar-refractivity contribution < 1.29 is 14.3 Å². The maximum atomic E-state index is 13.9. The van der Waals surface area contributed by atoms with Gasteiger partial charge in [0.15, 0.2) is 0 Å². The van der Waals surface area contributed by atoms with Crippen molar-refractivity contribution in [3.63, 3.8) is 0 Å². The number of benzene rings is 2. The third-order valence-corrected chi connectivity index (χ3v) is 4.23. The van der Waals surface area contributed by atoms with Crippen molar-refractivity contribution in [1.82, 2.24) is 0 Å². The van der Waals surface area contributed by atoms with Crippen LogP contribution >= 0.6 is 31.9 Å². The van der Waals surface area contributed by atoms with Crippen molar-refractivity contribution >= 4 is 37.8 Å². The van der Waals surface area contributed by atoms with Gasteiger partial charge in [0.25, 0.3) is 0 Å². The molecule has 2 aromatic rings. The summed E-state index contributed by atoms with van der Waals surface area (Å²) in [6, 6.07) is 11.8. The predicted molar refractivity (Wildman–Crippen MR) is 82.3 cm³/mol. The number of carboxylic acids is 1. The lowest BCUT2D eigenvalue weighted by Crippen LogP contribution is -2.15. The van der Waals surface area contributed by atoms with Gasteiger partial charge < -0.3 is 5.11 Å². The lowest BCUT2D eigenvalue weighted by molar-refractivity contribution is -0.138. The van der Waals surface area contributed by atoms with Crippen molar-refractivity contribution in [1.29, 1.82) is 0 Å². The summed E-state index contributed by atoms with van der Waals surface area (Å²) < 4.78 is 15.2. The molecule has 2 nitrogen and oxygen atoms in total. The normalized spacial score (nSPS) is 12.2. The van der Waals surface area contributed by atoms with E-state index in [1.165, 1.54) is 6.07 Å². The van der Waals surface area contributed by atoms with E-state index in [1.807, 2.05) is 6.07 Å². The highest BCUT2D eigenvalue weighted by Gasteiger charge is 2.23. The second-order valence-corrected chi connectivity index (χ2v) is 6.12. The number of carbonyl (C=O) groups is 1. The van der Waals surface area contributed by atoms with E-state index in [1.54, 1.807) is 30.3 Å². The Hall–Kier alpha value is -1.20. The molecule has 0 aliphatic heterocycles. The first-order chi connectivity index (χ1) is 9.49. The Morgan fingerprint density at radius 2 is 1.90 bits per heavy atom. The molecule has 0 saturated heterocycles. The Bertz CT molecular complexity index is 644. The topological polar surface area (TPSA) is 37.3 Å². The first kappa shape index (κ1) is 15.2. The van der Waals surface area contributed by atoms with Gasteiger partial charge in [0.1, 0.15) is 5.82 Å². The number of halogens is 3. The lowest BCUT2D eigenvalue weighted by Gasteiger charge is -2.15. The average Bonchev–Trinajstić information content (AvgIpc) is 2.39. The molecule has 0 amide bonds. The van der Waals surface area contributed by atoms with Crippen molar-refractivity contribution in [3.05, 3.63) is 68.4 Å². The van der Waals surface area contributed by atoms with Gasteiger partial charge in [-0.1, -0.05) is 56.1 Å². The molecule has 0 fully saturated rings. The summed E-state index contributed by atoms with van der Waals surface area (Å²) in [6.45, 7) is 0. The van der Waals surface area contributed by atoms with Crippen LogP contribution in [0.2, 0.25) is 0 Å². The first-order valence-corrected chi connectivity index (χ1v) is 7.49. The average molecular weight is 402 g/mol. The number of hydrogen-bond acceptors (Lipinski definition) is 1. The molecule has 0 aliphatic rings. The number of aliphatic carboxylic acids is 1. The molecule has 104 valence electrons. The highest BCUT2D eigenvalue weighted by atomic mass is 79.9. The third kappa shape index (κ3) is 3.46. The molecule has 0 aliphatic carbocycles. The fourth-order valence-corrected chi connectivity index (χ4v) is 2.89. The second kappa shape index (κ2) is 6.50. The lowest BCUT2D eigenvalue weighted by atomic mass is 9.92. The maximum absolute atomic E-state index is 13.9. The van der Waals surface area contributed by atoms with Crippen LogP contribution in [0.4, 0.5) is 4.39 Å². The maximum Gasteiger partial charge on any atom is 0.311 e. The molecule has 5 heteroatoms. The van der Waals surface area contributed by atoms with Gasteiger partial charge in [0.05, 0.1) is 5.92 Å². The molecule has 0 bridgehead atoms. The van der Waals surface area contributed by atoms with Crippen molar-refractivity contribution in [2.75, 3.05) is 0 Å². The van der Waals surface area contributed by atoms with E-state index in [0.29, 0.717) is 20.1 Å². The monoisotopic (exact) mass is 400 g/mol. The molecule has 20 heavy (non-hydrogen) atoms. The molecule has 0 spiro atoms. The van der Waals surface area contributed by atoms with Crippen LogP contribution in [0, 0.1) is 5.82 Å². The molecule has 1 atom stereocenters. The molecular weight excluding hydrogens is 391 g/mol. The van der Waals surface area contributed by atoms with Crippen LogP contribution in [0.5, 0.6) is 0 Å². The zero-order valence-electron chi connectivity index (χ0n) is 10.3. The third-order valence-electron chi connectivity index (χ3n) is 3.02. The van der Waals surface area contributed by atoms with Gasteiger partial charge in [-0.3, -0.25) is 4.79 Å². The second-order valence-electron chi connectivity index (χ2n) is 4.35. The van der Waals surface area contributed by atoms with Crippen LogP contribution in [0.3, 0.4) is 0 Å². The number of carboxylic acid groups (broad SMARTS) is 1. The Kier molecular flexibility index (Phi) is 4.94. The minimum atomic E-state index is -0.973.